The Hall–Kier alpha value is -1.01. The van der Waals surface area contributed by atoms with Gasteiger partial charge in [0.25, 0.3) is 0 Å². The molecule has 0 bridgehead atoms. The number of hydrogen-bond donors (Lipinski definition) is 0. The topological polar surface area (TPSA) is 27.0 Å². The van der Waals surface area contributed by atoms with Gasteiger partial charge in [0, 0.05) is 23.2 Å². The molecule has 1 aromatic carbocycles. The normalized spacial score (nSPS) is 23.4. The zero-order valence-electron chi connectivity index (χ0n) is 11.0. The molecular weight excluding hydrogens is 288 g/mol. The number of halogens is 1. The molecule has 0 N–H and O–H groups in total. The number of anilines is 1. The van der Waals surface area contributed by atoms with Crippen molar-refractivity contribution < 1.29 is 0 Å². The Labute approximate surface area is 118 Å². The van der Waals surface area contributed by atoms with E-state index >= 15 is 0 Å². The third-order valence-corrected chi connectivity index (χ3v) is 4.70. The zero-order valence-corrected chi connectivity index (χ0v) is 12.6. The lowest BCUT2D eigenvalue weighted by Crippen LogP contribution is -2.38. The molecule has 96 valence electrons. The van der Waals surface area contributed by atoms with E-state index in [2.05, 4.69) is 46.9 Å². The van der Waals surface area contributed by atoms with Crippen LogP contribution < -0.4 is 4.90 Å². The zero-order chi connectivity index (χ0) is 13.1. The molecule has 0 radical (unpaired) electrons. The third kappa shape index (κ3) is 2.70. The van der Waals surface area contributed by atoms with Gasteiger partial charge in [-0.15, -0.1) is 0 Å². The lowest BCUT2D eigenvalue weighted by molar-refractivity contribution is 0.321. The molecule has 1 aliphatic carbocycles. The summed E-state index contributed by atoms with van der Waals surface area (Å²) in [5.74, 6) is 0.748. The molecule has 3 heteroatoms. The van der Waals surface area contributed by atoms with Crippen LogP contribution in [-0.4, -0.2) is 13.1 Å². The lowest BCUT2D eigenvalue weighted by Gasteiger charge is -2.37. The van der Waals surface area contributed by atoms with Crippen molar-refractivity contribution in [1.29, 1.82) is 5.26 Å². The molecule has 2 nitrogen and oxygen atoms in total. The smallest absolute Gasteiger partial charge is 0.100 e. The summed E-state index contributed by atoms with van der Waals surface area (Å²) in [5, 5.41) is 8.95. The summed E-state index contributed by atoms with van der Waals surface area (Å²) in [6, 6.07) is 8.80. The van der Waals surface area contributed by atoms with Gasteiger partial charge in [-0.1, -0.05) is 19.8 Å². The van der Waals surface area contributed by atoms with Crippen LogP contribution in [0.1, 0.15) is 38.2 Å². The van der Waals surface area contributed by atoms with Crippen molar-refractivity contribution in [2.75, 3.05) is 11.9 Å². The summed E-state index contributed by atoms with van der Waals surface area (Å²) in [5.41, 5.74) is 1.89. The highest BCUT2D eigenvalue weighted by Crippen LogP contribution is 2.32. The van der Waals surface area contributed by atoms with Crippen molar-refractivity contribution in [3.63, 3.8) is 0 Å². The van der Waals surface area contributed by atoms with E-state index in [4.69, 9.17) is 5.26 Å². The number of rotatable bonds is 2. The molecule has 0 saturated heterocycles. The van der Waals surface area contributed by atoms with Crippen LogP contribution in [-0.2, 0) is 0 Å². The highest BCUT2D eigenvalue weighted by molar-refractivity contribution is 9.10. The van der Waals surface area contributed by atoms with Gasteiger partial charge in [-0.05, 0) is 52.9 Å². The van der Waals surface area contributed by atoms with Crippen LogP contribution in [0.4, 0.5) is 5.69 Å². The van der Waals surface area contributed by atoms with Crippen LogP contribution in [0.5, 0.6) is 0 Å². The molecule has 18 heavy (non-hydrogen) atoms. The minimum Gasteiger partial charge on any atom is -0.371 e. The van der Waals surface area contributed by atoms with E-state index in [-0.39, 0.29) is 0 Å². The maximum absolute atomic E-state index is 8.95. The van der Waals surface area contributed by atoms with Crippen LogP contribution in [0.15, 0.2) is 22.7 Å². The molecule has 2 rings (SSSR count). The second kappa shape index (κ2) is 5.75. The van der Waals surface area contributed by atoms with E-state index in [1.165, 1.54) is 31.4 Å². The van der Waals surface area contributed by atoms with Gasteiger partial charge in [0.15, 0.2) is 0 Å². The van der Waals surface area contributed by atoms with E-state index in [0.717, 1.165) is 10.4 Å². The summed E-state index contributed by atoms with van der Waals surface area (Å²) >= 11 is 3.47. The average molecular weight is 307 g/mol. The quantitative estimate of drug-likeness (QED) is 0.813. The van der Waals surface area contributed by atoms with Crippen LogP contribution >= 0.6 is 15.9 Å². The minimum atomic E-state index is 0.624. The van der Waals surface area contributed by atoms with Gasteiger partial charge in [0.05, 0.1) is 5.56 Å². The van der Waals surface area contributed by atoms with E-state index in [9.17, 15) is 0 Å². The number of nitriles is 1. The van der Waals surface area contributed by atoms with Crippen LogP contribution in [0, 0.1) is 17.2 Å². The van der Waals surface area contributed by atoms with Crippen LogP contribution in [0.25, 0.3) is 0 Å². The lowest BCUT2D eigenvalue weighted by atomic mass is 9.85. The molecule has 0 spiro atoms. The average Bonchev–Trinajstić information content (AvgIpc) is 2.38. The molecule has 2 unspecified atom stereocenters. The molecular formula is C15H19BrN2. The van der Waals surface area contributed by atoms with Crippen molar-refractivity contribution >= 4 is 21.6 Å². The van der Waals surface area contributed by atoms with Crippen LogP contribution in [0.2, 0.25) is 0 Å². The molecule has 0 heterocycles. The second-order valence-electron chi connectivity index (χ2n) is 5.22. The van der Waals surface area contributed by atoms with Gasteiger partial charge in [0.2, 0.25) is 0 Å². The van der Waals surface area contributed by atoms with Gasteiger partial charge >= 0.3 is 0 Å². The Balaban J connectivity index is 2.20. The predicted octanol–water partition coefficient (Wildman–Crippen LogP) is 4.34. The largest absolute Gasteiger partial charge is 0.371 e. The van der Waals surface area contributed by atoms with Crippen LogP contribution in [0.3, 0.4) is 0 Å². The van der Waals surface area contributed by atoms with Crippen molar-refractivity contribution in [3.8, 4) is 6.07 Å². The first-order chi connectivity index (χ1) is 8.63. The Bertz CT molecular complexity index is 464. The minimum absolute atomic E-state index is 0.624. The molecule has 1 aliphatic rings. The Kier molecular flexibility index (Phi) is 4.29. The molecule has 0 amide bonds. The Morgan fingerprint density at radius 1 is 1.33 bits per heavy atom. The first kappa shape index (κ1) is 13.4. The number of hydrogen-bond acceptors (Lipinski definition) is 2. The van der Waals surface area contributed by atoms with Gasteiger partial charge < -0.3 is 4.90 Å². The van der Waals surface area contributed by atoms with Crippen molar-refractivity contribution in [1.82, 2.24) is 0 Å². The summed E-state index contributed by atoms with van der Waals surface area (Å²) in [6.07, 6.45) is 5.29. The van der Waals surface area contributed by atoms with Crippen molar-refractivity contribution in [2.24, 2.45) is 5.92 Å². The predicted molar refractivity (Wildman–Crippen MR) is 78.7 cm³/mol. The van der Waals surface area contributed by atoms with E-state index < -0.39 is 0 Å². The molecule has 1 fully saturated rings. The Morgan fingerprint density at radius 3 is 2.67 bits per heavy atom. The SMILES string of the molecule is CC1CCCCC1N(C)c1ccc(C#N)c(Br)c1. The van der Waals surface area contributed by atoms with Crippen molar-refractivity contribution in [3.05, 3.63) is 28.2 Å². The highest BCUT2D eigenvalue weighted by atomic mass is 79.9. The fraction of sp³-hybridized carbons (Fsp3) is 0.533. The molecule has 2 atom stereocenters. The maximum atomic E-state index is 8.95. The maximum Gasteiger partial charge on any atom is 0.100 e. The highest BCUT2D eigenvalue weighted by Gasteiger charge is 2.25. The monoisotopic (exact) mass is 306 g/mol. The second-order valence-corrected chi connectivity index (χ2v) is 6.07. The number of benzene rings is 1. The van der Waals surface area contributed by atoms with Gasteiger partial charge in [-0.3, -0.25) is 0 Å². The molecule has 0 aromatic heterocycles. The van der Waals surface area contributed by atoms with Gasteiger partial charge in [-0.25, -0.2) is 0 Å². The molecule has 0 aliphatic heterocycles. The van der Waals surface area contributed by atoms with E-state index in [0.29, 0.717) is 11.6 Å². The first-order valence-electron chi connectivity index (χ1n) is 6.56. The molecule has 1 saturated carbocycles. The third-order valence-electron chi connectivity index (χ3n) is 4.04. The summed E-state index contributed by atoms with van der Waals surface area (Å²) in [7, 11) is 2.17. The first-order valence-corrected chi connectivity index (χ1v) is 7.35. The fourth-order valence-corrected chi connectivity index (χ4v) is 3.33. The number of nitrogens with zero attached hydrogens (tertiary/aromatic N) is 2. The van der Waals surface area contributed by atoms with Gasteiger partial charge in [0.1, 0.15) is 6.07 Å². The fourth-order valence-electron chi connectivity index (χ4n) is 2.88. The summed E-state index contributed by atoms with van der Waals surface area (Å²) in [6.45, 7) is 2.35. The Morgan fingerprint density at radius 2 is 2.06 bits per heavy atom. The summed E-state index contributed by atoms with van der Waals surface area (Å²) in [4.78, 5) is 2.37. The van der Waals surface area contributed by atoms with Crippen molar-refractivity contribution in [2.45, 2.75) is 38.6 Å². The summed E-state index contributed by atoms with van der Waals surface area (Å²) < 4.78 is 0.887. The molecule has 1 aromatic rings. The van der Waals surface area contributed by atoms with E-state index in [1.54, 1.807) is 0 Å². The van der Waals surface area contributed by atoms with Gasteiger partial charge in [-0.2, -0.15) is 5.26 Å². The van der Waals surface area contributed by atoms with E-state index in [1.807, 2.05) is 12.1 Å². The standard InChI is InChI=1S/C15H19BrN2/c1-11-5-3-4-6-15(11)18(2)13-8-7-12(10-17)14(16)9-13/h7-9,11,15H,3-6H2,1-2H3.